The van der Waals surface area contributed by atoms with Gasteiger partial charge >= 0.3 is 0 Å². The summed E-state index contributed by atoms with van der Waals surface area (Å²) < 4.78 is 0.599. The molecule has 0 fully saturated rings. The summed E-state index contributed by atoms with van der Waals surface area (Å²) in [4.78, 5) is 11.4. The summed E-state index contributed by atoms with van der Waals surface area (Å²) in [6, 6.07) is 0. The molecule has 0 rings (SSSR count). The number of carbonyl (C=O) groups excluding carboxylic acids is 1. The van der Waals surface area contributed by atoms with Crippen LogP contribution < -0.4 is 0 Å². The smallest absolute Gasteiger partial charge is 0.209 e. The van der Waals surface area contributed by atoms with Crippen molar-refractivity contribution >= 4 is 5.78 Å². The molecule has 0 atom stereocenters. The van der Waals surface area contributed by atoms with E-state index in [1.165, 1.54) is 6.08 Å². The first kappa shape index (κ1) is 13.6. The van der Waals surface area contributed by atoms with E-state index in [4.69, 9.17) is 0 Å². The van der Waals surface area contributed by atoms with Gasteiger partial charge in [-0.15, -0.1) is 0 Å². The Morgan fingerprint density at radius 2 is 1.33 bits per heavy atom. The van der Waals surface area contributed by atoms with Gasteiger partial charge in [-0.25, -0.2) is 0 Å². The molecule has 0 aliphatic carbocycles. The highest BCUT2D eigenvalue weighted by molar-refractivity contribution is 5.90. The highest BCUT2D eigenvalue weighted by Gasteiger charge is 2.25. The van der Waals surface area contributed by atoms with Crippen molar-refractivity contribution in [2.75, 3.05) is 26.2 Å². The molecule has 0 aliphatic heterocycles. The van der Waals surface area contributed by atoms with Crippen LogP contribution in [-0.2, 0) is 4.79 Å². The Hall–Kier alpha value is -1.41. The number of hydrogen-bond donors (Lipinski definition) is 0. The molecule has 0 amide bonds. The third-order valence-electron chi connectivity index (χ3n) is 2.27. The van der Waals surface area contributed by atoms with E-state index in [9.17, 15) is 4.79 Å². The first-order valence-electron chi connectivity index (χ1n) is 4.97. The highest BCUT2D eigenvalue weighted by atomic mass is 16.1. The predicted molar refractivity (Wildman–Crippen MR) is 65.5 cm³/mol. The molecule has 0 N–H and O–H groups in total. The molecule has 0 unspecified atom stereocenters. The van der Waals surface area contributed by atoms with Crippen LogP contribution in [0.3, 0.4) is 0 Å². The Bertz CT molecular complexity index is 239. The number of carbonyl (C=O) groups is 1. The fourth-order valence-electron chi connectivity index (χ4n) is 1.63. The lowest BCUT2D eigenvalue weighted by atomic mass is 10.2. The summed E-state index contributed by atoms with van der Waals surface area (Å²) in [5.41, 5.74) is 0. The van der Waals surface area contributed by atoms with Crippen LogP contribution in [0.25, 0.3) is 0 Å². The van der Waals surface area contributed by atoms with Crippen molar-refractivity contribution in [1.82, 2.24) is 0 Å². The van der Waals surface area contributed by atoms with Crippen molar-refractivity contribution in [3.63, 3.8) is 0 Å². The average molecular weight is 206 g/mol. The normalized spacial score (nSPS) is 10.4. The topological polar surface area (TPSA) is 17.1 Å². The molecule has 0 spiro atoms. The van der Waals surface area contributed by atoms with Crippen molar-refractivity contribution in [2.24, 2.45) is 0 Å². The van der Waals surface area contributed by atoms with Gasteiger partial charge in [0.1, 0.15) is 6.54 Å². The van der Waals surface area contributed by atoms with Gasteiger partial charge in [-0.2, -0.15) is 0 Å². The molecule has 0 aromatic heterocycles. The number of rotatable bonds is 9. The quantitative estimate of drug-likeness (QED) is 0.321. The van der Waals surface area contributed by atoms with Gasteiger partial charge in [0.25, 0.3) is 0 Å². The predicted octanol–water partition coefficient (Wildman–Crippen LogP) is 2.12. The monoisotopic (exact) mass is 206 g/mol. The van der Waals surface area contributed by atoms with E-state index in [2.05, 4.69) is 26.3 Å². The standard InChI is InChI=1S/C13H20NO/c1-5-9-14(10-6-2,11-7-3)12-13(15)8-4/h5-8H,1-4,9-12H2/q+1. The van der Waals surface area contributed by atoms with E-state index in [-0.39, 0.29) is 5.78 Å². The molecule has 0 aromatic rings. The molecule has 0 aromatic carbocycles. The van der Waals surface area contributed by atoms with Crippen LogP contribution in [0.5, 0.6) is 0 Å². The second-order valence-corrected chi connectivity index (χ2v) is 3.58. The summed E-state index contributed by atoms with van der Waals surface area (Å²) in [6.45, 7) is 17.3. The van der Waals surface area contributed by atoms with Crippen LogP contribution in [0.1, 0.15) is 0 Å². The Labute approximate surface area is 92.5 Å². The number of ketones is 1. The molecule has 2 heteroatoms. The van der Waals surface area contributed by atoms with Gasteiger partial charge in [0.15, 0.2) is 0 Å². The fraction of sp³-hybridized carbons (Fsp3) is 0.308. The number of hydrogen-bond acceptors (Lipinski definition) is 1. The Morgan fingerprint density at radius 1 is 0.933 bits per heavy atom. The van der Waals surface area contributed by atoms with Crippen LogP contribution in [0, 0.1) is 0 Å². The molecule has 0 radical (unpaired) electrons. The minimum absolute atomic E-state index is 0.0422. The molecule has 0 aliphatic rings. The SMILES string of the molecule is C=CC[N+](CC=C)(CC=C)CC(=O)C=C. The van der Waals surface area contributed by atoms with Crippen LogP contribution >= 0.6 is 0 Å². The second kappa shape index (κ2) is 6.96. The molecular formula is C13H20NO+. The lowest BCUT2D eigenvalue weighted by Crippen LogP contribution is -2.51. The van der Waals surface area contributed by atoms with Crippen LogP contribution in [0.2, 0.25) is 0 Å². The third kappa shape index (κ3) is 4.56. The zero-order chi connectivity index (χ0) is 11.7. The maximum absolute atomic E-state index is 11.4. The molecule has 0 saturated heterocycles. The largest absolute Gasteiger partial charge is 0.307 e. The summed E-state index contributed by atoms with van der Waals surface area (Å²) >= 11 is 0. The lowest BCUT2D eigenvalue weighted by Gasteiger charge is -2.35. The van der Waals surface area contributed by atoms with E-state index in [1.807, 2.05) is 18.2 Å². The highest BCUT2D eigenvalue weighted by Crippen LogP contribution is 2.08. The van der Waals surface area contributed by atoms with Crippen molar-refractivity contribution in [2.45, 2.75) is 0 Å². The van der Waals surface area contributed by atoms with Crippen LogP contribution in [-0.4, -0.2) is 36.4 Å². The van der Waals surface area contributed by atoms with Crippen molar-refractivity contribution < 1.29 is 9.28 Å². The fourth-order valence-corrected chi connectivity index (χ4v) is 1.63. The van der Waals surface area contributed by atoms with Gasteiger partial charge < -0.3 is 4.48 Å². The van der Waals surface area contributed by atoms with Crippen LogP contribution in [0.4, 0.5) is 0 Å². The summed E-state index contributed by atoms with van der Waals surface area (Å²) in [5.74, 6) is 0.0422. The number of nitrogens with zero attached hydrogens (tertiary/aromatic N) is 1. The van der Waals surface area contributed by atoms with E-state index in [0.29, 0.717) is 11.0 Å². The lowest BCUT2D eigenvalue weighted by molar-refractivity contribution is -0.904. The van der Waals surface area contributed by atoms with E-state index < -0.39 is 0 Å². The molecule has 2 nitrogen and oxygen atoms in total. The van der Waals surface area contributed by atoms with Gasteiger partial charge in [0.05, 0.1) is 19.6 Å². The molecule has 0 bridgehead atoms. The first-order valence-corrected chi connectivity index (χ1v) is 4.97. The summed E-state index contributed by atoms with van der Waals surface area (Å²) in [5, 5.41) is 0. The van der Waals surface area contributed by atoms with Crippen molar-refractivity contribution in [1.29, 1.82) is 0 Å². The van der Waals surface area contributed by atoms with Gasteiger partial charge in [0.2, 0.25) is 5.78 Å². The minimum Gasteiger partial charge on any atom is -0.307 e. The molecular weight excluding hydrogens is 186 g/mol. The van der Waals surface area contributed by atoms with Gasteiger partial charge in [0, 0.05) is 0 Å². The van der Waals surface area contributed by atoms with Crippen LogP contribution in [0.15, 0.2) is 50.6 Å². The molecule has 82 valence electrons. The van der Waals surface area contributed by atoms with E-state index in [1.54, 1.807) is 0 Å². The van der Waals surface area contributed by atoms with Crippen molar-refractivity contribution in [3.05, 3.63) is 50.6 Å². The Morgan fingerprint density at radius 3 is 1.60 bits per heavy atom. The average Bonchev–Trinajstić information content (AvgIpc) is 2.18. The maximum atomic E-state index is 11.4. The zero-order valence-corrected chi connectivity index (χ0v) is 9.32. The Balaban J connectivity index is 4.80. The second-order valence-electron chi connectivity index (χ2n) is 3.58. The van der Waals surface area contributed by atoms with Gasteiger partial charge in [-0.05, 0) is 24.3 Å². The van der Waals surface area contributed by atoms with Gasteiger partial charge in [-0.1, -0.05) is 26.3 Å². The number of quaternary nitrogens is 1. The molecule has 15 heavy (non-hydrogen) atoms. The third-order valence-corrected chi connectivity index (χ3v) is 2.27. The minimum atomic E-state index is 0.0422. The summed E-state index contributed by atoms with van der Waals surface area (Å²) in [6.07, 6.45) is 6.83. The molecule has 0 heterocycles. The Kier molecular flexibility index (Phi) is 6.30. The first-order chi connectivity index (χ1) is 7.14. The summed E-state index contributed by atoms with van der Waals surface area (Å²) in [7, 11) is 0. The molecule has 0 saturated carbocycles. The van der Waals surface area contributed by atoms with E-state index >= 15 is 0 Å². The van der Waals surface area contributed by atoms with Crippen molar-refractivity contribution in [3.8, 4) is 0 Å². The van der Waals surface area contributed by atoms with E-state index in [0.717, 1.165) is 19.6 Å². The maximum Gasteiger partial charge on any atom is 0.209 e. The van der Waals surface area contributed by atoms with Gasteiger partial charge in [-0.3, -0.25) is 4.79 Å². The zero-order valence-electron chi connectivity index (χ0n) is 9.32.